The molecule has 6 rings (SSSR count). The molecule has 0 atom stereocenters. The number of carbonyl (C=O) groups is 1. The summed E-state index contributed by atoms with van der Waals surface area (Å²) in [6.45, 7) is 7.02. The standard InChI is InChI=1S/C41H42ClF3N6O5S/c1-5-50(6-2)28-17-20-32(25(3)22-28)47-37(38-48-33-19-16-27(42)23-31(33)40(53)51(38)41(43,44)45)39(52)49-34-24-29(57(54,55)46-4)18-21-36(34)56-35-15-11-10-14-30(35)26-12-8-7-9-13-26/h10-11,14-24,26,46H,5-9,12-13H2,1-4H3,(H,49,52). The van der Waals surface area contributed by atoms with E-state index in [4.69, 9.17) is 16.3 Å². The second-order valence-corrected chi connectivity index (χ2v) is 15.9. The van der Waals surface area contributed by atoms with Crippen LogP contribution < -0.4 is 25.2 Å². The topological polar surface area (TPSA) is 135 Å². The fraction of sp³-hybridized carbons (Fsp3) is 0.317. The van der Waals surface area contributed by atoms with Gasteiger partial charge in [-0.25, -0.2) is 23.1 Å². The van der Waals surface area contributed by atoms with E-state index in [0.717, 1.165) is 55.5 Å². The zero-order valence-corrected chi connectivity index (χ0v) is 33.4. The molecule has 16 heteroatoms. The molecule has 0 aliphatic heterocycles. The van der Waals surface area contributed by atoms with Crippen LogP contribution in [0.3, 0.4) is 0 Å². The van der Waals surface area contributed by atoms with Crippen molar-refractivity contribution in [3.8, 4) is 11.5 Å². The Hall–Kier alpha value is -5.25. The average Bonchev–Trinajstić information content (AvgIpc) is 3.18. The molecule has 300 valence electrons. The van der Waals surface area contributed by atoms with Gasteiger partial charge in [-0.05, 0) is 118 Å². The first-order valence-corrected chi connectivity index (χ1v) is 20.4. The second-order valence-electron chi connectivity index (χ2n) is 13.6. The molecule has 0 radical (unpaired) electrons. The van der Waals surface area contributed by atoms with Gasteiger partial charge in [-0.3, -0.25) is 9.59 Å². The number of para-hydroxylation sites is 1. The van der Waals surface area contributed by atoms with Crippen LogP contribution in [0.25, 0.3) is 10.9 Å². The number of hydrogen-bond donors (Lipinski definition) is 2. The highest BCUT2D eigenvalue weighted by Crippen LogP contribution is 2.41. The van der Waals surface area contributed by atoms with E-state index in [1.807, 2.05) is 26.0 Å². The van der Waals surface area contributed by atoms with Gasteiger partial charge in [0.25, 0.3) is 11.5 Å². The highest BCUT2D eigenvalue weighted by molar-refractivity contribution is 7.89. The van der Waals surface area contributed by atoms with Gasteiger partial charge in [0.05, 0.1) is 27.2 Å². The quantitative estimate of drug-likeness (QED) is 0.120. The molecule has 1 aliphatic carbocycles. The largest absolute Gasteiger partial charge is 0.493 e. The van der Waals surface area contributed by atoms with E-state index in [0.29, 0.717) is 24.4 Å². The Bertz CT molecular complexity index is 2520. The highest BCUT2D eigenvalue weighted by atomic mass is 35.5. The first kappa shape index (κ1) is 41.4. The fourth-order valence-corrected chi connectivity index (χ4v) is 7.96. The van der Waals surface area contributed by atoms with Crippen molar-refractivity contribution >= 4 is 61.2 Å². The minimum Gasteiger partial charge on any atom is -0.455 e. The Morgan fingerprint density at radius 2 is 1.70 bits per heavy atom. The molecular formula is C41H42ClF3N6O5S. The minimum atomic E-state index is -5.36. The molecule has 5 aromatic rings. The maximum atomic E-state index is 15.0. The molecular weight excluding hydrogens is 781 g/mol. The zero-order chi connectivity index (χ0) is 41.1. The number of aliphatic imine (C=N–C) groups is 1. The Labute approximate surface area is 333 Å². The molecule has 11 nitrogen and oxygen atoms in total. The molecule has 0 bridgehead atoms. The Balaban J connectivity index is 1.55. The number of sulfonamides is 1. The molecule has 0 saturated heterocycles. The zero-order valence-electron chi connectivity index (χ0n) is 31.8. The Morgan fingerprint density at radius 1 is 0.982 bits per heavy atom. The number of carbonyl (C=O) groups excluding carboxylic acids is 1. The van der Waals surface area contributed by atoms with Crippen molar-refractivity contribution in [2.45, 2.75) is 70.0 Å². The summed E-state index contributed by atoms with van der Waals surface area (Å²) < 4.78 is 78.9. The van der Waals surface area contributed by atoms with Crippen molar-refractivity contribution in [1.82, 2.24) is 14.3 Å². The normalized spacial score (nSPS) is 14.1. The van der Waals surface area contributed by atoms with Crippen LogP contribution in [-0.2, 0) is 21.1 Å². The van der Waals surface area contributed by atoms with Crippen molar-refractivity contribution in [2.75, 3.05) is 30.4 Å². The van der Waals surface area contributed by atoms with Crippen molar-refractivity contribution in [3.63, 3.8) is 0 Å². The number of fused-ring (bicyclic) bond motifs is 1. The summed E-state index contributed by atoms with van der Waals surface area (Å²) in [5, 5.41) is 2.15. The van der Waals surface area contributed by atoms with Gasteiger partial charge in [0.15, 0.2) is 17.3 Å². The van der Waals surface area contributed by atoms with Gasteiger partial charge in [-0.1, -0.05) is 49.1 Å². The van der Waals surface area contributed by atoms with Gasteiger partial charge < -0.3 is 15.0 Å². The third kappa shape index (κ3) is 9.00. The van der Waals surface area contributed by atoms with Gasteiger partial charge in [0, 0.05) is 23.8 Å². The van der Waals surface area contributed by atoms with Crippen LogP contribution in [0.5, 0.6) is 11.5 Å². The van der Waals surface area contributed by atoms with Gasteiger partial charge in [-0.2, -0.15) is 4.57 Å². The van der Waals surface area contributed by atoms with Gasteiger partial charge in [-0.15, -0.1) is 13.2 Å². The lowest BCUT2D eigenvalue weighted by Crippen LogP contribution is -2.39. The van der Waals surface area contributed by atoms with Crippen LogP contribution in [-0.4, -0.2) is 49.7 Å². The van der Waals surface area contributed by atoms with Crippen LogP contribution >= 0.6 is 11.6 Å². The summed E-state index contributed by atoms with van der Waals surface area (Å²) in [7, 11) is -2.87. The monoisotopic (exact) mass is 822 g/mol. The molecule has 2 N–H and O–H groups in total. The van der Waals surface area contributed by atoms with Crippen LogP contribution in [0, 0.1) is 6.92 Å². The number of rotatable bonds is 12. The van der Waals surface area contributed by atoms with Crippen molar-refractivity contribution in [2.24, 2.45) is 4.99 Å². The lowest BCUT2D eigenvalue weighted by atomic mass is 9.84. The van der Waals surface area contributed by atoms with E-state index < -0.39 is 49.3 Å². The summed E-state index contributed by atoms with van der Waals surface area (Å²) in [4.78, 5) is 38.7. The number of benzene rings is 4. The Morgan fingerprint density at radius 3 is 2.37 bits per heavy atom. The van der Waals surface area contributed by atoms with E-state index in [-0.39, 0.29) is 38.5 Å². The predicted molar refractivity (Wildman–Crippen MR) is 217 cm³/mol. The molecule has 1 saturated carbocycles. The van der Waals surface area contributed by atoms with Crippen LogP contribution in [0.2, 0.25) is 5.02 Å². The van der Waals surface area contributed by atoms with Gasteiger partial charge in [0.2, 0.25) is 10.0 Å². The number of anilines is 2. The minimum absolute atomic E-state index is 0.00687. The van der Waals surface area contributed by atoms with Crippen molar-refractivity contribution in [1.29, 1.82) is 0 Å². The molecule has 1 aliphatic rings. The van der Waals surface area contributed by atoms with Crippen LogP contribution in [0.4, 0.5) is 30.2 Å². The maximum Gasteiger partial charge on any atom is 0.493 e. The summed E-state index contributed by atoms with van der Waals surface area (Å²) in [6.07, 6.45) is -0.237. The molecule has 4 aromatic carbocycles. The van der Waals surface area contributed by atoms with Crippen molar-refractivity contribution < 1.29 is 31.1 Å². The number of alkyl halides is 3. The number of hydrogen-bond acceptors (Lipinski definition) is 8. The highest BCUT2D eigenvalue weighted by Gasteiger charge is 2.39. The first-order valence-electron chi connectivity index (χ1n) is 18.5. The molecule has 1 aromatic heterocycles. The Kier molecular flexibility index (Phi) is 12.4. The maximum absolute atomic E-state index is 15.0. The van der Waals surface area contributed by atoms with E-state index >= 15 is 0 Å². The summed E-state index contributed by atoms with van der Waals surface area (Å²) >= 11 is 6.06. The molecule has 1 heterocycles. The lowest BCUT2D eigenvalue weighted by Gasteiger charge is -2.24. The molecule has 1 amide bonds. The third-order valence-electron chi connectivity index (χ3n) is 10.0. The fourth-order valence-electron chi connectivity index (χ4n) is 7.03. The summed E-state index contributed by atoms with van der Waals surface area (Å²) in [6, 6.07) is 19.9. The molecule has 57 heavy (non-hydrogen) atoms. The van der Waals surface area contributed by atoms with E-state index in [1.54, 1.807) is 37.3 Å². The summed E-state index contributed by atoms with van der Waals surface area (Å²) in [5.41, 5.74) is -0.359. The smallest absolute Gasteiger partial charge is 0.455 e. The van der Waals surface area contributed by atoms with Gasteiger partial charge in [0.1, 0.15) is 5.75 Å². The van der Waals surface area contributed by atoms with Crippen LogP contribution in [0.15, 0.2) is 93.5 Å². The lowest BCUT2D eigenvalue weighted by molar-refractivity contribution is -0.206. The van der Waals surface area contributed by atoms with E-state index in [1.165, 1.54) is 31.3 Å². The number of halogens is 4. The number of amides is 1. The van der Waals surface area contributed by atoms with Crippen molar-refractivity contribution in [3.05, 3.63) is 111 Å². The van der Waals surface area contributed by atoms with E-state index in [2.05, 4.69) is 24.9 Å². The van der Waals surface area contributed by atoms with Gasteiger partial charge >= 0.3 is 6.30 Å². The number of aryl methyl sites for hydroxylation is 1. The van der Waals surface area contributed by atoms with Crippen LogP contribution in [0.1, 0.15) is 68.8 Å². The number of nitrogens with zero attached hydrogens (tertiary/aromatic N) is 4. The third-order valence-corrected chi connectivity index (χ3v) is 11.7. The number of aromatic nitrogens is 2. The predicted octanol–water partition coefficient (Wildman–Crippen LogP) is 9.19. The summed E-state index contributed by atoms with van der Waals surface area (Å²) in [5.74, 6) is -1.64. The second kappa shape index (κ2) is 17.1. The molecule has 1 fully saturated rings. The number of ether oxygens (including phenoxy) is 1. The molecule has 0 spiro atoms. The van der Waals surface area contributed by atoms with E-state index in [9.17, 15) is 31.2 Å². The average molecular weight is 823 g/mol. The molecule has 0 unspecified atom stereocenters. The first-order chi connectivity index (χ1) is 27.1. The number of nitrogens with one attached hydrogen (secondary N) is 2. The SMILES string of the molecule is CCN(CC)c1ccc(N=C(C(=O)Nc2cc(S(=O)(=O)NC)ccc2Oc2ccccc2C2CCCCC2)c2nc3ccc(Cl)cc3c(=O)n2C(F)(F)F)c(C)c1.